The summed E-state index contributed by atoms with van der Waals surface area (Å²) >= 11 is 0. The largest absolute Gasteiger partial charge is 0.378 e. The summed E-state index contributed by atoms with van der Waals surface area (Å²) in [6.45, 7) is 9.21. The van der Waals surface area contributed by atoms with Gasteiger partial charge in [-0.2, -0.15) is 0 Å². The van der Waals surface area contributed by atoms with Gasteiger partial charge in [0.2, 0.25) is 11.8 Å². The molecule has 0 bridgehead atoms. The van der Waals surface area contributed by atoms with Crippen LogP contribution in [0, 0.1) is 5.92 Å². The van der Waals surface area contributed by atoms with Crippen LogP contribution >= 0.6 is 0 Å². The quantitative estimate of drug-likeness (QED) is 0.350. The molecule has 0 fully saturated rings. The summed E-state index contributed by atoms with van der Waals surface area (Å²) in [5, 5.41) is 5.44. The van der Waals surface area contributed by atoms with Crippen LogP contribution in [0.1, 0.15) is 27.2 Å². The summed E-state index contributed by atoms with van der Waals surface area (Å²) in [6.07, 6.45) is 0.604. The van der Waals surface area contributed by atoms with Crippen LogP contribution in [0.3, 0.4) is 0 Å². The lowest BCUT2D eigenvalue weighted by Gasteiger charge is -2.19. The molecule has 0 aromatic rings. The lowest BCUT2D eigenvalue weighted by atomic mass is 10.0. The smallest absolute Gasteiger partial charge is 0.242 e. The van der Waals surface area contributed by atoms with E-state index in [0.717, 1.165) is 0 Å². The first-order valence-corrected chi connectivity index (χ1v) is 8.45. The molecule has 0 aliphatic carbocycles. The van der Waals surface area contributed by atoms with E-state index in [4.69, 9.17) is 19.9 Å². The van der Waals surface area contributed by atoms with E-state index in [-0.39, 0.29) is 11.8 Å². The van der Waals surface area contributed by atoms with Crippen LogP contribution in [0.4, 0.5) is 0 Å². The molecule has 142 valence electrons. The monoisotopic (exact) mass is 347 g/mol. The number of rotatable bonds is 15. The first kappa shape index (κ1) is 22.8. The van der Waals surface area contributed by atoms with Crippen molar-refractivity contribution >= 4 is 11.8 Å². The van der Waals surface area contributed by atoms with Gasteiger partial charge in [-0.15, -0.1) is 0 Å². The third-order valence-corrected chi connectivity index (χ3v) is 2.95. The zero-order valence-electron chi connectivity index (χ0n) is 15.1. The number of ether oxygens (including phenoxy) is 3. The third-order valence-electron chi connectivity index (χ3n) is 2.95. The number of nitrogens with two attached hydrogens (primary N) is 1. The van der Waals surface area contributed by atoms with Crippen molar-refractivity contribution in [3.63, 3.8) is 0 Å². The Morgan fingerprint density at radius 3 is 2.00 bits per heavy atom. The van der Waals surface area contributed by atoms with Crippen molar-refractivity contribution in [2.75, 3.05) is 52.7 Å². The lowest BCUT2D eigenvalue weighted by molar-refractivity contribution is -0.128. The molecule has 0 saturated carbocycles. The van der Waals surface area contributed by atoms with E-state index in [1.807, 2.05) is 13.8 Å². The molecule has 0 rings (SSSR count). The first-order chi connectivity index (χ1) is 11.5. The summed E-state index contributed by atoms with van der Waals surface area (Å²) in [4.78, 5) is 23.2. The minimum Gasteiger partial charge on any atom is -0.378 e. The standard InChI is InChI=1S/C16H33N3O5/c1-13(2)12-15(19-14(3)20)16(21)18-5-7-23-9-11-24-10-8-22-6-4-17/h13,15H,4-12,17H2,1-3H3,(H,18,21)(H,19,20). The highest BCUT2D eigenvalue weighted by molar-refractivity contribution is 5.86. The van der Waals surface area contributed by atoms with Crippen LogP contribution in [-0.4, -0.2) is 70.6 Å². The zero-order valence-corrected chi connectivity index (χ0v) is 15.1. The number of hydrogen-bond donors (Lipinski definition) is 3. The maximum Gasteiger partial charge on any atom is 0.242 e. The predicted molar refractivity (Wildman–Crippen MR) is 91.6 cm³/mol. The fourth-order valence-corrected chi connectivity index (χ4v) is 1.94. The van der Waals surface area contributed by atoms with E-state index < -0.39 is 6.04 Å². The normalized spacial score (nSPS) is 12.2. The van der Waals surface area contributed by atoms with E-state index in [2.05, 4.69) is 10.6 Å². The summed E-state index contributed by atoms with van der Waals surface area (Å²) in [5.41, 5.74) is 5.29. The van der Waals surface area contributed by atoms with Crippen molar-refractivity contribution in [1.29, 1.82) is 0 Å². The Bertz CT molecular complexity index is 340. The minimum absolute atomic E-state index is 0.184. The Labute approximate surface area is 144 Å². The highest BCUT2D eigenvalue weighted by Gasteiger charge is 2.19. The second-order valence-corrected chi connectivity index (χ2v) is 5.80. The Kier molecular flexibility index (Phi) is 14.5. The molecule has 0 aliphatic heterocycles. The molecule has 0 radical (unpaired) electrons. The molecule has 8 nitrogen and oxygen atoms in total. The molecule has 0 saturated heterocycles. The van der Waals surface area contributed by atoms with Gasteiger partial charge < -0.3 is 30.6 Å². The van der Waals surface area contributed by atoms with Gasteiger partial charge in [-0.3, -0.25) is 9.59 Å². The molecule has 0 aliphatic rings. The summed E-state index contributed by atoms with van der Waals surface area (Å²) in [7, 11) is 0. The molecule has 8 heteroatoms. The molecule has 2 amide bonds. The molecule has 4 N–H and O–H groups in total. The Morgan fingerprint density at radius 1 is 0.958 bits per heavy atom. The van der Waals surface area contributed by atoms with Crippen molar-refractivity contribution < 1.29 is 23.8 Å². The second-order valence-electron chi connectivity index (χ2n) is 5.80. The van der Waals surface area contributed by atoms with Crippen LogP contribution in [0.25, 0.3) is 0 Å². The zero-order chi connectivity index (χ0) is 18.2. The number of hydrogen-bond acceptors (Lipinski definition) is 6. The molecular formula is C16H33N3O5. The van der Waals surface area contributed by atoms with Gasteiger partial charge in [0.15, 0.2) is 0 Å². The van der Waals surface area contributed by atoms with Crippen LogP contribution < -0.4 is 16.4 Å². The summed E-state index contributed by atoms with van der Waals surface area (Å²) in [6, 6.07) is -0.501. The van der Waals surface area contributed by atoms with Gasteiger partial charge >= 0.3 is 0 Å². The van der Waals surface area contributed by atoms with Crippen molar-refractivity contribution in [2.45, 2.75) is 33.2 Å². The Morgan fingerprint density at radius 2 is 1.50 bits per heavy atom. The number of carbonyl (C=O) groups excluding carboxylic acids is 2. The van der Waals surface area contributed by atoms with Crippen LogP contribution in [0.15, 0.2) is 0 Å². The van der Waals surface area contributed by atoms with Crippen LogP contribution in [-0.2, 0) is 23.8 Å². The van der Waals surface area contributed by atoms with Crippen molar-refractivity contribution in [3.8, 4) is 0 Å². The number of carbonyl (C=O) groups is 2. The summed E-state index contributed by atoms with van der Waals surface area (Å²) < 4.78 is 15.8. The molecule has 0 spiro atoms. The van der Waals surface area contributed by atoms with E-state index in [9.17, 15) is 9.59 Å². The van der Waals surface area contributed by atoms with Gasteiger partial charge in [0.05, 0.1) is 39.6 Å². The van der Waals surface area contributed by atoms with Crippen LogP contribution in [0.2, 0.25) is 0 Å². The minimum atomic E-state index is -0.501. The Hall–Kier alpha value is -1.22. The molecule has 1 unspecified atom stereocenters. The van der Waals surface area contributed by atoms with Crippen molar-refractivity contribution in [1.82, 2.24) is 10.6 Å². The summed E-state index contributed by atoms with van der Waals surface area (Å²) in [5.74, 6) is -0.0784. The average Bonchev–Trinajstić information content (AvgIpc) is 2.50. The Balaban J connectivity index is 3.63. The SMILES string of the molecule is CC(=O)NC(CC(C)C)C(=O)NCCOCCOCCOCCN. The average molecular weight is 347 g/mol. The van der Waals surface area contributed by atoms with Gasteiger partial charge in [0.25, 0.3) is 0 Å². The number of amides is 2. The second kappa shape index (κ2) is 15.3. The highest BCUT2D eigenvalue weighted by Crippen LogP contribution is 2.04. The maximum absolute atomic E-state index is 12.0. The van der Waals surface area contributed by atoms with Crippen LogP contribution in [0.5, 0.6) is 0 Å². The molecule has 0 heterocycles. The van der Waals surface area contributed by atoms with Gasteiger partial charge in [-0.1, -0.05) is 13.8 Å². The van der Waals surface area contributed by atoms with E-state index in [1.54, 1.807) is 0 Å². The third kappa shape index (κ3) is 14.4. The first-order valence-electron chi connectivity index (χ1n) is 8.45. The fourth-order valence-electron chi connectivity index (χ4n) is 1.94. The van der Waals surface area contributed by atoms with Gasteiger partial charge in [0, 0.05) is 20.0 Å². The topological polar surface area (TPSA) is 112 Å². The number of nitrogens with one attached hydrogen (secondary N) is 2. The molecule has 0 aromatic heterocycles. The van der Waals surface area contributed by atoms with E-state index in [1.165, 1.54) is 6.92 Å². The molecule has 0 aromatic carbocycles. The lowest BCUT2D eigenvalue weighted by Crippen LogP contribution is -2.47. The van der Waals surface area contributed by atoms with Gasteiger partial charge in [-0.05, 0) is 12.3 Å². The molecule has 1 atom stereocenters. The predicted octanol–water partition coefficient (Wildman–Crippen LogP) is -0.338. The van der Waals surface area contributed by atoms with Crippen molar-refractivity contribution in [2.24, 2.45) is 11.7 Å². The molecule has 24 heavy (non-hydrogen) atoms. The van der Waals surface area contributed by atoms with Crippen molar-refractivity contribution in [3.05, 3.63) is 0 Å². The van der Waals surface area contributed by atoms with Gasteiger partial charge in [-0.25, -0.2) is 0 Å². The fraction of sp³-hybridized carbons (Fsp3) is 0.875. The maximum atomic E-state index is 12.0. The molecular weight excluding hydrogens is 314 g/mol. The van der Waals surface area contributed by atoms with E-state index in [0.29, 0.717) is 65.1 Å². The van der Waals surface area contributed by atoms with Gasteiger partial charge in [0.1, 0.15) is 6.04 Å². The van der Waals surface area contributed by atoms with E-state index >= 15 is 0 Å². The highest BCUT2D eigenvalue weighted by atomic mass is 16.5.